The number of carboxylic acid groups (broad SMARTS) is 1. The van der Waals surface area contributed by atoms with Crippen LogP contribution in [-0.4, -0.2) is 64.5 Å². The van der Waals surface area contributed by atoms with Crippen molar-refractivity contribution < 1.29 is 27.6 Å². The zero-order valence-corrected chi connectivity index (χ0v) is 21.4. The molecule has 37 heavy (non-hydrogen) atoms. The van der Waals surface area contributed by atoms with E-state index in [1.165, 1.54) is 31.7 Å². The number of hydrogen-bond donors (Lipinski definition) is 5. The van der Waals surface area contributed by atoms with E-state index in [9.17, 15) is 27.6 Å². The zero-order valence-electron chi connectivity index (χ0n) is 20.5. The molecule has 0 bridgehead atoms. The van der Waals surface area contributed by atoms with E-state index in [0.717, 1.165) is 38.4 Å². The van der Waals surface area contributed by atoms with Crippen molar-refractivity contribution in [3.8, 4) is 11.3 Å². The van der Waals surface area contributed by atoms with E-state index in [2.05, 4.69) is 25.6 Å². The van der Waals surface area contributed by atoms with Crippen LogP contribution in [-0.2, 0) is 10.7 Å². The summed E-state index contributed by atoms with van der Waals surface area (Å²) in [5.74, 6) is -1.20. The highest BCUT2D eigenvalue weighted by Gasteiger charge is 2.37. The predicted molar refractivity (Wildman–Crippen MR) is 137 cm³/mol. The molecule has 1 fully saturated rings. The first kappa shape index (κ1) is 27.1. The van der Waals surface area contributed by atoms with Crippen LogP contribution in [0.4, 0.5) is 19.1 Å². The Bertz CT molecular complexity index is 1350. The molecule has 0 atom stereocenters. The number of aromatic amines is 1. The second kappa shape index (κ2) is 10.4. The first-order chi connectivity index (χ1) is 17.4. The summed E-state index contributed by atoms with van der Waals surface area (Å²) in [5.41, 5.74) is 4.31. The molecule has 0 radical (unpaired) electrons. The number of rotatable bonds is 10. The average molecular weight is 539 g/mol. The Labute approximate surface area is 211 Å². The van der Waals surface area contributed by atoms with Crippen molar-refractivity contribution in [2.24, 2.45) is 5.73 Å². The van der Waals surface area contributed by atoms with Gasteiger partial charge in [0.15, 0.2) is 0 Å². The van der Waals surface area contributed by atoms with Crippen molar-refractivity contribution in [1.29, 1.82) is 0 Å². The van der Waals surface area contributed by atoms with Gasteiger partial charge in [0.1, 0.15) is 12.7 Å². The number of aromatic carboxylic acids is 1. The average Bonchev–Trinajstić information content (AvgIpc) is 3.21. The maximum atomic E-state index is 13.9. The molecule has 9 nitrogen and oxygen atoms in total. The van der Waals surface area contributed by atoms with Gasteiger partial charge in [-0.15, -0.1) is 0 Å². The number of halogens is 3. The lowest BCUT2D eigenvalue weighted by molar-refractivity contribution is -0.137. The molecule has 4 rings (SSSR count). The van der Waals surface area contributed by atoms with Gasteiger partial charge in [0.05, 0.1) is 16.8 Å². The number of hydrogen-bond acceptors (Lipinski definition) is 7. The third-order valence-electron chi connectivity index (χ3n) is 6.48. The summed E-state index contributed by atoms with van der Waals surface area (Å²) >= 11 is 0. The number of anilines is 1. The molecule has 0 unspecified atom stereocenters. The molecule has 2 aromatic heterocycles. The van der Waals surface area contributed by atoms with Crippen molar-refractivity contribution in [1.82, 2.24) is 20.3 Å². The summed E-state index contributed by atoms with van der Waals surface area (Å²) in [4.78, 5) is 22.7. The lowest BCUT2D eigenvalue weighted by Crippen LogP contribution is -2.48. The van der Waals surface area contributed by atoms with Crippen molar-refractivity contribution in [3.63, 3.8) is 0 Å². The number of carbonyl (C=O) groups is 1. The first-order valence-corrected chi connectivity index (χ1v) is 14.6. The van der Waals surface area contributed by atoms with Crippen LogP contribution in [0.3, 0.4) is 0 Å². The van der Waals surface area contributed by atoms with Gasteiger partial charge < -0.3 is 31.0 Å². The van der Waals surface area contributed by atoms with E-state index in [-0.39, 0.29) is 39.6 Å². The normalized spacial score (nSPS) is 18.1. The summed E-state index contributed by atoms with van der Waals surface area (Å²) in [6.45, 7) is 4.35. The first-order valence-electron chi connectivity index (χ1n) is 12.0. The Kier molecular flexibility index (Phi) is 7.64. The van der Waals surface area contributed by atoms with Crippen LogP contribution in [0.2, 0.25) is 0 Å². The number of benzene rings is 1. The van der Waals surface area contributed by atoms with Crippen LogP contribution in [0.1, 0.15) is 41.6 Å². The molecule has 0 spiro atoms. The zero-order chi connectivity index (χ0) is 27.0. The Hall–Kier alpha value is -2.95. The fourth-order valence-corrected chi connectivity index (χ4v) is 6.11. The number of alkyl halides is 3. The summed E-state index contributed by atoms with van der Waals surface area (Å²) in [7, 11) is -3.11. The molecule has 13 heteroatoms. The molecule has 0 aliphatic heterocycles. The number of nitrogens with two attached hydrogens (primary N) is 1. The van der Waals surface area contributed by atoms with Gasteiger partial charge >= 0.3 is 12.1 Å². The molecule has 1 aliphatic rings. The second-order valence-electron chi connectivity index (χ2n) is 9.66. The Morgan fingerprint density at radius 3 is 2.59 bits per heavy atom. The smallest absolute Gasteiger partial charge is 0.419 e. The van der Waals surface area contributed by atoms with Crippen LogP contribution < -0.4 is 21.7 Å². The minimum absolute atomic E-state index is 0.0235. The summed E-state index contributed by atoms with van der Waals surface area (Å²) < 4.78 is 54.7. The quantitative estimate of drug-likeness (QED) is 0.193. The summed E-state index contributed by atoms with van der Waals surface area (Å²) in [5, 5.41) is 16.5. The molecule has 1 aromatic carbocycles. The van der Waals surface area contributed by atoms with E-state index in [1.807, 2.05) is 0 Å². The van der Waals surface area contributed by atoms with Crippen molar-refractivity contribution in [2.75, 3.05) is 31.7 Å². The number of fused-ring (bicyclic) bond motifs is 1. The highest BCUT2D eigenvalue weighted by Crippen LogP contribution is 2.43. The van der Waals surface area contributed by atoms with E-state index in [1.54, 1.807) is 0 Å². The molecular formula is C24H30F3N6O3P. The van der Waals surface area contributed by atoms with Crippen molar-refractivity contribution >= 4 is 35.3 Å². The standard InChI is InChI=1S/C24H30F3N6O3P/c1-37(2,36)21-16(22(34)35)6-5-15-17(11-30-20(15)21)19-18(24(25,26)27)12-31-23(33-19)32-14-9-13(10-14)29-8-4-3-7-28/h5-6,11-14,29-30H,3-4,7-10,28H2,1-2H3,(H,34,35)(H,31,32,33)/t13-,14-. The number of nitrogens with one attached hydrogen (secondary N) is 3. The fraction of sp³-hybridized carbons (Fsp3) is 0.458. The molecule has 0 saturated heterocycles. The van der Waals surface area contributed by atoms with Gasteiger partial charge in [0.25, 0.3) is 0 Å². The third-order valence-corrected chi connectivity index (χ3v) is 8.02. The monoisotopic (exact) mass is 538 g/mol. The molecular weight excluding hydrogens is 508 g/mol. The molecule has 2 heterocycles. The number of carboxylic acids is 1. The maximum Gasteiger partial charge on any atom is 0.419 e. The van der Waals surface area contributed by atoms with Crippen LogP contribution >= 0.6 is 7.14 Å². The molecule has 3 aromatic rings. The van der Waals surface area contributed by atoms with Gasteiger partial charge in [-0.3, -0.25) is 0 Å². The topological polar surface area (TPSA) is 146 Å². The predicted octanol–water partition coefficient (Wildman–Crippen LogP) is 3.86. The Morgan fingerprint density at radius 1 is 1.24 bits per heavy atom. The van der Waals surface area contributed by atoms with E-state index in [4.69, 9.17) is 5.73 Å². The third kappa shape index (κ3) is 5.81. The lowest BCUT2D eigenvalue weighted by Gasteiger charge is -2.36. The number of aromatic nitrogens is 3. The lowest BCUT2D eigenvalue weighted by atomic mass is 9.87. The Morgan fingerprint density at radius 2 is 1.97 bits per heavy atom. The SMILES string of the molecule is CP(C)(=O)c1c(C(=O)O)ccc2c(-c3nc(N[C@H]4C[C@H](NCCCCN)C4)ncc3C(F)(F)F)c[nH]c12. The summed E-state index contributed by atoms with van der Waals surface area (Å²) in [6.07, 6.45) is 0.884. The van der Waals surface area contributed by atoms with E-state index in [0.29, 0.717) is 18.0 Å². The molecule has 200 valence electrons. The van der Waals surface area contributed by atoms with Gasteiger partial charge in [-0.2, -0.15) is 13.2 Å². The molecule has 1 saturated carbocycles. The second-order valence-corrected chi connectivity index (χ2v) is 12.8. The van der Waals surface area contributed by atoms with Crippen LogP contribution in [0.5, 0.6) is 0 Å². The fourth-order valence-electron chi connectivity index (χ4n) is 4.64. The van der Waals surface area contributed by atoms with Gasteiger partial charge in [-0.1, -0.05) is 6.07 Å². The van der Waals surface area contributed by atoms with Crippen molar-refractivity contribution in [3.05, 3.63) is 35.7 Å². The minimum atomic E-state index is -4.72. The van der Waals surface area contributed by atoms with Crippen LogP contribution in [0.25, 0.3) is 22.2 Å². The summed E-state index contributed by atoms with van der Waals surface area (Å²) in [6, 6.07) is 3.01. The van der Waals surface area contributed by atoms with Crippen LogP contribution in [0.15, 0.2) is 24.5 Å². The minimum Gasteiger partial charge on any atom is -0.478 e. The van der Waals surface area contributed by atoms with Gasteiger partial charge in [0, 0.05) is 40.7 Å². The molecule has 0 amide bonds. The highest BCUT2D eigenvalue weighted by atomic mass is 31.2. The highest BCUT2D eigenvalue weighted by molar-refractivity contribution is 7.70. The van der Waals surface area contributed by atoms with E-state index < -0.39 is 24.9 Å². The van der Waals surface area contributed by atoms with Crippen molar-refractivity contribution in [2.45, 2.75) is 43.9 Å². The number of unbranched alkanes of at least 4 members (excludes halogenated alkanes) is 1. The van der Waals surface area contributed by atoms with Gasteiger partial charge in [-0.25, -0.2) is 14.8 Å². The number of H-pyrrole nitrogens is 1. The maximum absolute atomic E-state index is 13.9. The number of nitrogens with zero attached hydrogens (tertiary/aromatic N) is 2. The van der Waals surface area contributed by atoms with Gasteiger partial charge in [-0.05, 0) is 58.2 Å². The molecule has 1 aliphatic carbocycles. The van der Waals surface area contributed by atoms with E-state index >= 15 is 0 Å². The Balaban J connectivity index is 1.67. The van der Waals surface area contributed by atoms with Gasteiger partial charge in [0.2, 0.25) is 5.95 Å². The molecule has 6 N–H and O–H groups in total. The van der Waals surface area contributed by atoms with Crippen LogP contribution in [0, 0.1) is 0 Å². The largest absolute Gasteiger partial charge is 0.478 e.